The number of hydrogen-bond donors (Lipinski definition) is 4. The van der Waals surface area contributed by atoms with Gasteiger partial charge in [-0.3, -0.25) is 9.32 Å². The molecule has 12 heteroatoms. The highest BCUT2D eigenvalue weighted by Gasteiger charge is 2.53. The van der Waals surface area contributed by atoms with E-state index in [0.717, 1.165) is 18.2 Å². The van der Waals surface area contributed by atoms with Gasteiger partial charge in [0.1, 0.15) is 41.4 Å². The molecule has 1 saturated heterocycles. The molecular weight excluding hydrogens is 537 g/mol. The minimum absolute atomic E-state index is 0.230. The number of benzene rings is 1. The van der Waals surface area contributed by atoms with Crippen molar-refractivity contribution in [3.05, 3.63) is 60.4 Å². The molecule has 0 amide bonds. The molecule has 6 atom stereocenters. The van der Waals surface area contributed by atoms with Crippen LogP contribution in [0.3, 0.4) is 0 Å². The molecule has 1 aliphatic heterocycles. The summed E-state index contributed by atoms with van der Waals surface area (Å²) in [6, 6.07) is 10.9. The SMILES string of the molecule is CCC(CC)COC(=O)[C@H](C)NP(=O)(OCC1(C)OC(c2ccnc3[nH]ccc23)[C@H](O)[C@@H]1O)Oc1ccccc1. The first-order valence-electron chi connectivity index (χ1n) is 13.5. The molecule has 1 aliphatic rings. The Morgan fingerprint density at radius 1 is 1.20 bits per heavy atom. The molecule has 1 fully saturated rings. The summed E-state index contributed by atoms with van der Waals surface area (Å²) in [7, 11) is -4.21. The van der Waals surface area contributed by atoms with E-state index in [1.807, 2.05) is 19.9 Å². The summed E-state index contributed by atoms with van der Waals surface area (Å²) in [5, 5.41) is 25.3. The molecule has 40 heavy (non-hydrogen) atoms. The molecule has 0 spiro atoms. The molecule has 3 aromatic rings. The van der Waals surface area contributed by atoms with Gasteiger partial charge in [-0.1, -0.05) is 44.9 Å². The fourth-order valence-electron chi connectivity index (χ4n) is 4.62. The van der Waals surface area contributed by atoms with Crippen LogP contribution in [-0.2, 0) is 23.4 Å². The molecule has 0 saturated carbocycles. The maximum Gasteiger partial charge on any atom is 0.459 e. The fourth-order valence-corrected chi connectivity index (χ4v) is 6.20. The van der Waals surface area contributed by atoms with Crippen LogP contribution in [0.4, 0.5) is 0 Å². The van der Waals surface area contributed by atoms with Crippen molar-refractivity contribution in [2.75, 3.05) is 13.2 Å². The molecule has 3 unspecified atom stereocenters. The monoisotopic (exact) mass is 575 g/mol. The van der Waals surface area contributed by atoms with Crippen LogP contribution in [0, 0.1) is 5.92 Å². The lowest BCUT2D eigenvalue weighted by Gasteiger charge is -2.30. The number of ether oxygens (including phenoxy) is 2. The van der Waals surface area contributed by atoms with E-state index in [1.165, 1.54) is 6.92 Å². The second-order valence-electron chi connectivity index (χ2n) is 10.3. The first kappa shape index (κ1) is 30.2. The van der Waals surface area contributed by atoms with Crippen molar-refractivity contribution in [1.29, 1.82) is 0 Å². The fraction of sp³-hybridized carbons (Fsp3) is 0.500. The van der Waals surface area contributed by atoms with Gasteiger partial charge in [0.2, 0.25) is 0 Å². The van der Waals surface area contributed by atoms with Crippen LogP contribution in [0.25, 0.3) is 11.0 Å². The number of aromatic nitrogens is 2. The van der Waals surface area contributed by atoms with Crippen molar-refractivity contribution >= 4 is 24.7 Å². The molecule has 0 bridgehead atoms. The standard InChI is InChI=1S/C28H38N3O8P/c1-5-19(6-2)16-36-27(34)18(3)31-40(35,39-20-10-8-7-9-11-20)37-17-28(4)25(33)23(32)24(38-28)21-12-14-29-26-22(21)13-15-30-26/h7-15,18-19,23-25,32-33H,5-6,16-17H2,1-4H3,(H,29,30)(H,31,35)/t18-,23-,24?,25-,28?,40?/m0/s1. The number of fused-ring (bicyclic) bond motifs is 1. The molecule has 4 N–H and O–H groups in total. The molecule has 0 aliphatic carbocycles. The Morgan fingerprint density at radius 2 is 1.93 bits per heavy atom. The Labute approximate surface area is 233 Å². The lowest BCUT2D eigenvalue weighted by molar-refractivity contribution is -0.146. The normalized spacial score (nSPS) is 25.1. The Balaban J connectivity index is 1.50. The number of nitrogens with one attached hydrogen (secondary N) is 2. The largest absolute Gasteiger partial charge is 0.464 e. The van der Waals surface area contributed by atoms with Gasteiger partial charge < -0.3 is 29.2 Å². The quantitative estimate of drug-likeness (QED) is 0.172. The van der Waals surface area contributed by atoms with Crippen LogP contribution in [-0.4, -0.2) is 63.2 Å². The Morgan fingerprint density at radius 3 is 2.62 bits per heavy atom. The molecular formula is C28H38N3O8P. The van der Waals surface area contributed by atoms with E-state index in [-0.39, 0.29) is 18.3 Å². The van der Waals surface area contributed by atoms with Gasteiger partial charge in [-0.25, -0.2) is 9.55 Å². The van der Waals surface area contributed by atoms with Crippen LogP contribution in [0.5, 0.6) is 5.75 Å². The number of esters is 1. The van der Waals surface area contributed by atoms with Crippen molar-refractivity contribution in [3.63, 3.8) is 0 Å². The predicted octanol–water partition coefficient (Wildman–Crippen LogP) is 4.28. The number of aliphatic hydroxyl groups is 2. The number of H-pyrrole nitrogens is 1. The highest BCUT2D eigenvalue weighted by atomic mass is 31.2. The predicted molar refractivity (Wildman–Crippen MR) is 149 cm³/mol. The van der Waals surface area contributed by atoms with Crippen LogP contribution in [0.1, 0.15) is 52.2 Å². The summed E-state index contributed by atoms with van der Waals surface area (Å²) in [6.45, 7) is 6.94. The zero-order valence-electron chi connectivity index (χ0n) is 23.1. The molecule has 3 heterocycles. The van der Waals surface area contributed by atoms with Gasteiger partial charge >= 0.3 is 13.7 Å². The smallest absolute Gasteiger partial charge is 0.459 e. The van der Waals surface area contributed by atoms with Crippen LogP contribution in [0.15, 0.2) is 54.9 Å². The van der Waals surface area contributed by atoms with E-state index in [1.54, 1.807) is 55.7 Å². The Hall–Kier alpha value is -2.79. The van der Waals surface area contributed by atoms with E-state index in [2.05, 4.69) is 15.1 Å². The first-order valence-corrected chi connectivity index (χ1v) is 15.0. The van der Waals surface area contributed by atoms with Gasteiger partial charge in [-0.05, 0) is 49.6 Å². The summed E-state index contributed by atoms with van der Waals surface area (Å²) < 4.78 is 37.0. The third-order valence-electron chi connectivity index (χ3n) is 7.27. The third kappa shape index (κ3) is 6.74. The van der Waals surface area contributed by atoms with E-state index < -0.39 is 50.3 Å². The highest BCUT2D eigenvalue weighted by Crippen LogP contribution is 2.48. The van der Waals surface area contributed by atoms with E-state index in [0.29, 0.717) is 11.2 Å². The molecule has 4 rings (SSSR count). The number of carbonyl (C=O) groups excluding carboxylic acids is 1. The molecule has 11 nitrogen and oxygen atoms in total. The first-order chi connectivity index (χ1) is 19.1. The zero-order chi connectivity index (χ0) is 28.9. The topological polar surface area (TPSA) is 152 Å². The maximum absolute atomic E-state index is 14.0. The molecule has 1 aromatic carbocycles. The van der Waals surface area contributed by atoms with Gasteiger partial charge in [-0.2, -0.15) is 5.09 Å². The lowest BCUT2D eigenvalue weighted by atomic mass is 9.95. The number of aliphatic hydroxyl groups excluding tert-OH is 2. The summed E-state index contributed by atoms with van der Waals surface area (Å²) >= 11 is 0. The van der Waals surface area contributed by atoms with Crippen LogP contribution in [0.2, 0.25) is 0 Å². The number of hydrogen-bond acceptors (Lipinski definition) is 9. The van der Waals surface area contributed by atoms with Crippen molar-refractivity contribution in [1.82, 2.24) is 15.1 Å². The minimum atomic E-state index is -4.21. The van der Waals surface area contributed by atoms with Gasteiger partial charge in [0.15, 0.2) is 0 Å². The van der Waals surface area contributed by atoms with Gasteiger partial charge in [-0.15, -0.1) is 0 Å². The van der Waals surface area contributed by atoms with Crippen molar-refractivity contribution in [3.8, 4) is 5.75 Å². The van der Waals surface area contributed by atoms with Gasteiger partial charge in [0, 0.05) is 17.8 Å². The summed E-state index contributed by atoms with van der Waals surface area (Å²) in [6.07, 6.45) is 1.47. The summed E-state index contributed by atoms with van der Waals surface area (Å²) in [5.41, 5.74) is -0.216. The van der Waals surface area contributed by atoms with Gasteiger partial charge in [0.25, 0.3) is 0 Å². The van der Waals surface area contributed by atoms with E-state index in [4.69, 9.17) is 18.5 Å². The average Bonchev–Trinajstić information content (AvgIpc) is 3.52. The summed E-state index contributed by atoms with van der Waals surface area (Å²) in [5.74, 6) is -0.119. The highest BCUT2D eigenvalue weighted by molar-refractivity contribution is 7.52. The third-order valence-corrected chi connectivity index (χ3v) is 8.89. The number of pyridine rings is 1. The van der Waals surface area contributed by atoms with Crippen molar-refractivity contribution in [2.24, 2.45) is 5.92 Å². The van der Waals surface area contributed by atoms with Crippen molar-refractivity contribution in [2.45, 2.75) is 70.5 Å². The van der Waals surface area contributed by atoms with E-state index in [9.17, 15) is 19.6 Å². The number of rotatable bonds is 13. The zero-order valence-corrected chi connectivity index (χ0v) is 24.0. The minimum Gasteiger partial charge on any atom is -0.464 e. The average molecular weight is 576 g/mol. The van der Waals surface area contributed by atoms with Gasteiger partial charge in [0.05, 0.1) is 13.2 Å². The van der Waals surface area contributed by atoms with Crippen LogP contribution < -0.4 is 9.61 Å². The number of aromatic amines is 1. The number of para-hydroxylation sites is 1. The number of carbonyl (C=O) groups is 1. The maximum atomic E-state index is 14.0. The lowest BCUT2D eigenvalue weighted by Crippen LogP contribution is -2.45. The number of nitrogens with zero attached hydrogens (tertiary/aromatic N) is 1. The van der Waals surface area contributed by atoms with Crippen LogP contribution >= 0.6 is 7.75 Å². The summed E-state index contributed by atoms with van der Waals surface area (Å²) in [4.78, 5) is 20.0. The Kier molecular flexibility index (Phi) is 9.66. The van der Waals surface area contributed by atoms with E-state index >= 15 is 0 Å². The second-order valence-corrected chi connectivity index (χ2v) is 12.0. The molecule has 2 aromatic heterocycles. The second kappa shape index (κ2) is 12.8. The Bertz CT molecular complexity index is 1320. The molecule has 218 valence electrons. The van der Waals surface area contributed by atoms with Crippen molar-refractivity contribution < 1.29 is 38.1 Å². The molecule has 0 radical (unpaired) electrons.